The van der Waals surface area contributed by atoms with E-state index in [1.807, 2.05) is 0 Å². The Labute approximate surface area is 140 Å². The van der Waals surface area contributed by atoms with Gasteiger partial charge in [-0.15, -0.1) is 11.3 Å². The van der Waals surface area contributed by atoms with Gasteiger partial charge in [-0.25, -0.2) is 9.78 Å². The van der Waals surface area contributed by atoms with E-state index in [0.29, 0.717) is 15.4 Å². The summed E-state index contributed by atoms with van der Waals surface area (Å²) >= 11 is 1.26. The van der Waals surface area contributed by atoms with Crippen LogP contribution in [-0.4, -0.2) is 29.8 Å². The van der Waals surface area contributed by atoms with Gasteiger partial charge < -0.3 is 14.6 Å². The van der Waals surface area contributed by atoms with Gasteiger partial charge in [-0.3, -0.25) is 0 Å². The van der Waals surface area contributed by atoms with Crippen LogP contribution in [0.4, 0.5) is 8.78 Å². The molecule has 126 valence electrons. The number of aromatic nitrogens is 1. The molecule has 0 spiro atoms. The van der Waals surface area contributed by atoms with E-state index in [0.717, 1.165) is 6.08 Å². The highest BCUT2D eigenvalue weighted by Gasteiger charge is 2.13. The standard InChI is InChI=1S/C16H13F2NO4S/c1-22-12-4-2-3-10(15(12)23-16(17)18)5-7-13-19-9-11(24-13)6-8-14(20)21/h2-9,16H,1H3,(H,20,21)/b7-5+,8-6-. The van der Waals surface area contributed by atoms with Crippen LogP contribution < -0.4 is 9.47 Å². The number of halogens is 2. The molecule has 0 fully saturated rings. The Morgan fingerprint density at radius 2 is 2.12 bits per heavy atom. The van der Waals surface area contributed by atoms with Crippen molar-refractivity contribution in [3.63, 3.8) is 0 Å². The highest BCUT2D eigenvalue weighted by molar-refractivity contribution is 7.13. The number of para-hydroxylation sites is 1. The van der Waals surface area contributed by atoms with Crippen molar-refractivity contribution in [2.24, 2.45) is 0 Å². The fourth-order valence-corrected chi connectivity index (χ4v) is 2.53. The molecule has 0 saturated carbocycles. The van der Waals surface area contributed by atoms with Crippen LogP contribution in [0.2, 0.25) is 0 Å². The summed E-state index contributed by atoms with van der Waals surface area (Å²) in [4.78, 5) is 15.2. The third-order valence-corrected chi connectivity index (χ3v) is 3.70. The SMILES string of the molecule is COc1cccc(/C=C/c2ncc(/C=C\C(=O)O)s2)c1OC(F)F. The molecule has 8 heteroatoms. The largest absolute Gasteiger partial charge is 0.493 e. The third kappa shape index (κ3) is 4.88. The first-order valence-electron chi connectivity index (χ1n) is 6.66. The molecule has 0 unspecified atom stereocenters. The van der Waals surface area contributed by atoms with Crippen molar-refractivity contribution in [1.82, 2.24) is 4.98 Å². The average molecular weight is 353 g/mol. The summed E-state index contributed by atoms with van der Waals surface area (Å²) in [5.41, 5.74) is 0.410. The fourth-order valence-electron chi connectivity index (χ4n) is 1.81. The van der Waals surface area contributed by atoms with Crippen molar-refractivity contribution in [1.29, 1.82) is 0 Å². The quantitative estimate of drug-likeness (QED) is 0.762. The van der Waals surface area contributed by atoms with Crippen LogP contribution in [0.3, 0.4) is 0 Å². The normalized spacial score (nSPS) is 11.5. The molecule has 0 amide bonds. The summed E-state index contributed by atoms with van der Waals surface area (Å²) in [6, 6.07) is 4.78. The second-order valence-corrected chi connectivity index (χ2v) is 5.46. The van der Waals surface area contributed by atoms with Crippen LogP contribution in [0.5, 0.6) is 11.5 Å². The highest BCUT2D eigenvalue weighted by atomic mass is 32.1. The van der Waals surface area contributed by atoms with Crippen molar-refractivity contribution in [2.45, 2.75) is 6.61 Å². The highest BCUT2D eigenvalue weighted by Crippen LogP contribution is 2.33. The number of carboxylic acids is 1. The van der Waals surface area contributed by atoms with Crippen molar-refractivity contribution < 1.29 is 28.2 Å². The number of aliphatic carboxylic acids is 1. The molecule has 0 aliphatic heterocycles. The van der Waals surface area contributed by atoms with E-state index in [1.54, 1.807) is 24.3 Å². The van der Waals surface area contributed by atoms with Gasteiger partial charge in [0, 0.05) is 22.7 Å². The molecule has 0 aliphatic rings. The number of carbonyl (C=O) groups is 1. The van der Waals surface area contributed by atoms with E-state index in [1.165, 1.54) is 36.8 Å². The number of thiazole rings is 1. The van der Waals surface area contributed by atoms with E-state index < -0.39 is 12.6 Å². The molecule has 1 aromatic heterocycles. The zero-order valence-corrected chi connectivity index (χ0v) is 13.3. The summed E-state index contributed by atoms with van der Waals surface area (Å²) in [6.45, 7) is -2.97. The first-order chi connectivity index (χ1) is 11.5. The Hall–Kier alpha value is -2.74. The molecule has 1 aromatic carbocycles. The third-order valence-electron chi connectivity index (χ3n) is 2.77. The molecule has 0 atom stereocenters. The zero-order valence-electron chi connectivity index (χ0n) is 12.5. The van der Waals surface area contributed by atoms with Crippen LogP contribution in [0, 0.1) is 0 Å². The number of alkyl halides is 2. The number of ether oxygens (including phenoxy) is 2. The monoisotopic (exact) mass is 353 g/mol. The van der Waals surface area contributed by atoms with E-state index in [2.05, 4.69) is 9.72 Å². The molecule has 0 saturated heterocycles. The van der Waals surface area contributed by atoms with Gasteiger partial charge in [0.2, 0.25) is 0 Å². The van der Waals surface area contributed by atoms with E-state index in [4.69, 9.17) is 9.84 Å². The summed E-state index contributed by atoms with van der Waals surface area (Å²) in [5, 5.41) is 9.17. The molecule has 1 N–H and O–H groups in total. The minimum Gasteiger partial charge on any atom is -0.493 e. The smallest absolute Gasteiger partial charge is 0.387 e. The van der Waals surface area contributed by atoms with Gasteiger partial charge in [0.05, 0.1) is 7.11 Å². The summed E-state index contributed by atoms with van der Waals surface area (Å²) < 4.78 is 34.7. The Kier molecular flexibility index (Phi) is 6.02. The molecule has 1 heterocycles. The van der Waals surface area contributed by atoms with Gasteiger partial charge in [-0.2, -0.15) is 8.78 Å². The zero-order chi connectivity index (χ0) is 17.5. The van der Waals surface area contributed by atoms with Crippen molar-refractivity contribution in [3.8, 4) is 11.5 Å². The second kappa shape index (κ2) is 8.21. The molecular weight excluding hydrogens is 340 g/mol. The lowest BCUT2D eigenvalue weighted by Gasteiger charge is -2.12. The number of hydrogen-bond donors (Lipinski definition) is 1. The number of methoxy groups -OCH3 is 1. The molecule has 24 heavy (non-hydrogen) atoms. The molecule has 0 radical (unpaired) electrons. The van der Waals surface area contributed by atoms with Gasteiger partial charge in [0.15, 0.2) is 11.5 Å². The minimum atomic E-state index is -2.97. The van der Waals surface area contributed by atoms with Crippen molar-refractivity contribution in [2.75, 3.05) is 7.11 Å². The minimum absolute atomic E-state index is 0.0613. The first kappa shape index (κ1) is 17.6. The molecule has 5 nitrogen and oxygen atoms in total. The lowest BCUT2D eigenvalue weighted by molar-refractivity contribution is -0.131. The van der Waals surface area contributed by atoms with Crippen LogP contribution in [0.1, 0.15) is 15.4 Å². The van der Waals surface area contributed by atoms with Gasteiger partial charge in [0.25, 0.3) is 0 Å². The van der Waals surface area contributed by atoms with Crippen LogP contribution in [0.25, 0.3) is 18.2 Å². The summed E-state index contributed by atoms with van der Waals surface area (Å²) in [5.74, 6) is -0.916. The lowest BCUT2D eigenvalue weighted by Crippen LogP contribution is -2.04. The fraction of sp³-hybridized carbons (Fsp3) is 0.125. The predicted octanol–water partition coefficient (Wildman–Crippen LogP) is 4.02. The number of nitrogens with zero attached hydrogens (tertiary/aromatic N) is 1. The Morgan fingerprint density at radius 1 is 1.33 bits per heavy atom. The van der Waals surface area contributed by atoms with E-state index in [9.17, 15) is 13.6 Å². The first-order valence-corrected chi connectivity index (χ1v) is 7.48. The second-order valence-electron chi connectivity index (χ2n) is 4.36. The maximum absolute atomic E-state index is 12.6. The van der Waals surface area contributed by atoms with Crippen molar-refractivity contribution in [3.05, 3.63) is 45.9 Å². The molecule has 2 rings (SSSR count). The predicted molar refractivity (Wildman–Crippen MR) is 87.3 cm³/mol. The number of benzene rings is 1. The summed E-state index contributed by atoms with van der Waals surface area (Å²) in [6.07, 6.45) is 7.15. The molecular formula is C16H13F2NO4S. The maximum Gasteiger partial charge on any atom is 0.387 e. The number of hydrogen-bond acceptors (Lipinski definition) is 5. The van der Waals surface area contributed by atoms with Gasteiger partial charge in [-0.05, 0) is 24.3 Å². The topological polar surface area (TPSA) is 68.7 Å². The number of carboxylic acid groups (broad SMARTS) is 1. The van der Waals surface area contributed by atoms with Gasteiger partial charge in [-0.1, -0.05) is 12.1 Å². The van der Waals surface area contributed by atoms with E-state index in [-0.39, 0.29) is 11.5 Å². The van der Waals surface area contributed by atoms with Crippen LogP contribution in [0.15, 0.2) is 30.5 Å². The van der Waals surface area contributed by atoms with Crippen molar-refractivity contribution >= 4 is 35.5 Å². The molecule has 0 bridgehead atoms. The van der Waals surface area contributed by atoms with E-state index >= 15 is 0 Å². The molecule has 2 aromatic rings. The van der Waals surface area contributed by atoms with Crippen LogP contribution in [-0.2, 0) is 4.79 Å². The average Bonchev–Trinajstić information content (AvgIpc) is 2.99. The Bertz CT molecular complexity index is 771. The number of rotatable bonds is 7. The Balaban J connectivity index is 2.24. The summed E-state index contributed by atoms with van der Waals surface area (Å²) in [7, 11) is 1.36. The van der Waals surface area contributed by atoms with Crippen LogP contribution >= 0.6 is 11.3 Å². The van der Waals surface area contributed by atoms with Gasteiger partial charge in [0.1, 0.15) is 5.01 Å². The Morgan fingerprint density at radius 3 is 2.79 bits per heavy atom. The molecule has 0 aliphatic carbocycles. The van der Waals surface area contributed by atoms with Gasteiger partial charge >= 0.3 is 12.6 Å². The lowest BCUT2D eigenvalue weighted by atomic mass is 10.1. The maximum atomic E-state index is 12.6.